The topological polar surface area (TPSA) is 81.2 Å². The second-order valence-electron chi connectivity index (χ2n) is 4.98. The van der Waals surface area contributed by atoms with Crippen molar-refractivity contribution in [1.29, 1.82) is 0 Å². The van der Waals surface area contributed by atoms with Gasteiger partial charge in [0.05, 0.1) is 16.7 Å². The maximum absolute atomic E-state index is 10.9. The molecule has 0 radical (unpaired) electrons. The van der Waals surface area contributed by atoms with E-state index in [2.05, 4.69) is 26.4 Å². The summed E-state index contributed by atoms with van der Waals surface area (Å²) in [6.45, 7) is 7.47. The van der Waals surface area contributed by atoms with Crippen molar-refractivity contribution >= 4 is 27.3 Å². The van der Waals surface area contributed by atoms with Crippen LogP contribution in [0.25, 0.3) is 0 Å². The predicted molar refractivity (Wildman–Crippen MR) is 83.5 cm³/mol. The molecule has 21 heavy (non-hydrogen) atoms. The summed E-state index contributed by atoms with van der Waals surface area (Å²) < 4.78 is 5.82. The van der Waals surface area contributed by atoms with Gasteiger partial charge in [0.25, 0.3) is 5.69 Å². The van der Waals surface area contributed by atoms with Crippen molar-refractivity contribution in [3.63, 3.8) is 0 Å². The highest BCUT2D eigenvalue weighted by Gasteiger charge is 2.19. The van der Waals surface area contributed by atoms with Crippen LogP contribution in [0.5, 0.6) is 0 Å². The third-order valence-corrected chi connectivity index (χ3v) is 4.03. The SMILES string of the molecule is Cc1cc(NC(C)c2c(C)noc2C)c(Br)cc1[N+](=O)[O-]. The van der Waals surface area contributed by atoms with Crippen molar-refractivity contribution in [2.45, 2.75) is 33.7 Å². The fourth-order valence-electron chi connectivity index (χ4n) is 2.39. The summed E-state index contributed by atoms with van der Waals surface area (Å²) in [5.74, 6) is 0.766. The summed E-state index contributed by atoms with van der Waals surface area (Å²) in [4.78, 5) is 10.5. The van der Waals surface area contributed by atoms with E-state index < -0.39 is 0 Å². The molecule has 1 atom stereocenters. The molecule has 0 saturated carbocycles. The number of benzene rings is 1. The van der Waals surface area contributed by atoms with Crippen LogP contribution in [0.3, 0.4) is 0 Å². The van der Waals surface area contributed by atoms with Gasteiger partial charge < -0.3 is 9.84 Å². The van der Waals surface area contributed by atoms with E-state index in [9.17, 15) is 10.1 Å². The number of nitro groups is 1. The Morgan fingerprint density at radius 2 is 2.05 bits per heavy atom. The molecule has 0 aliphatic heterocycles. The number of halogens is 1. The lowest BCUT2D eigenvalue weighted by molar-refractivity contribution is -0.385. The van der Waals surface area contributed by atoms with E-state index in [1.165, 1.54) is 6.07 Å². The van der Waals surface area contributed by atoms with Crippen LogP contribution in [0.1, 0.15) is 35.5 Å². The van der Waals surface area contributed by atoms with Crippen LogP contribution >= 0.6 is 15.9 Å². The van der Waals surface area contributed by atoms with Crippen molar-refractivity contribution in [2.75, 3.05) is 5.32 Å². The average Bonchev–Trinajstić information content (AvgIpc) is 2.72. The third-order valence-electron chi connectivity index (χ3n) is 3.38. The number of nitrogens with one attached hydrogen (secondary N) is 1. The van der Waals surface area contributed by atoms with E-state index in [-0.39, 0.29) is 16.7 Å². The smallest absolute Gasteiger partial charge is 0.273 e. The molecular weight excluding hydrogens is 338 g/mol. The predicted octanol–water partition coefficient (Wildman–Crippen LogP) is 4.44. The average molecular weight is 354 g/mol. The quantitative estimate of drug-likeness (QED) is 0.648. The standard InChI is InChI=1S/C14H16BrN3O3/c1-7-5-12(11(15)6-13(7)18(19)20)16-8(2)14-9(3)17-21-10(14)4/h5-6,8,16H,1-4H3. The van der Waals surface area contributed by atoms with Gasteiger partial charge in [0, 0.05) is 27.4 Å². The number of hydrogen-bond donors (Lipinski definition) is 1. The number of aryl methyl sites for hydroxylation is 3. The summed E-state index contributed by atoms with van der Waals surface area (Å²) in [5, 5.41) is 18.2. The molecule has 1 aromatic heterocycles. The summed E-state index contributed by atoms with van der Waals surface area (Å²) >= 11 is 3.37. The second kappa shape index (κ2) is 5.85. The van der Waals surface area contributed by atoms with E-state index in [1.807, 2.05) is 20.8 Å². The van der Waals surface area contributed by atoms with E-state index in [4.69, 9.17) is 4.52 Å². The molecule has 112 valence electrons. The molecular formula is C14H16BrN3O3. The van der Waals surface area contributed by atoms with Gasteiger partial charge in [0.15, 0.2) is 0 Å². The van der Waals surface area contributed by atoms with Gasteiger partial charge in [0.1, 0.15) is 5.76 Å². The number of anilines is 1. The molecule has 1 heterocycles. The molecule has 2 aromatic rings. The Morgan fingerprint density at radius 1 is 1.38 bits per heavy atom. The van der Waals surface area contributed by atoms with Gasteiger partial charge in [-0.05, 0) is 49.7 Å². The van der Waals surface area contributed by atoms with E-state index in [0.717, 1.165) is 22.7 Å². The van der Waals surface area contributed by atoms with Crippen molar-refractivity contribution < 1.29 is 9.45 Å². The molecule has 7 heteroatoms. The zero-order valence-corrected chi connectivity index (χ0v) is 13.8. The lowest BCUT2D eigenvalue weighted by Crippen LogP contribution is -2.09. The van der Waals surface area contributed by atoms with Gasteiger partial charge in [-0.3, -0.25) is 10.1 Å². The lowest BCUT2D eigenvalue weighted by atomic mass is 10.1. The number of rotatable bonds is 4. The lowest BCUT2D eigenvalue weighted by Gasteiger charge is -2.17. The Bertz CT molecular complexity index is 678. The van der Waals surface area contributed by atoms with E-state index in [1.54, 1.807) is 13.0 Å². The molecule has 0 fully saturated rings. The van der Waals surface area contributed by atoms with Crippen LogP contribution in [-0.2, 0) is 0 Å². The van der Waals surface area contributed by atoms with Gasteiger partial charge in [-0.2, -0.15) is 0 Å². The molecule has 2 rings (SSSR count). The highest BCUT2D eigenvalue weighted by molar-refractivity contribution is 9.10. The third kappa shape index (κ3) is 3.07. The minimum Gasteiger partial charge on any atom is -0.377 e. The van der Waals surface area contributed by atoms with Crippen LogP contribution < -0.4 is 5.32 Å². The van der Waals surface area contributed by atoms with Crippen molar-refractivity contribution in [3.05, 3.63) is 49.3 Å². The summed E-state index contributed by atoms with van der Waals surface area (Å²) in [5.41, 5.74) is 3.33. The van der Waals surface area contributed by atoms with Crippen molar-refractivity contribution in [3.8, 4) is 0 Å². The number of aromatic nitrogens is 1. The van der Waals surface area contributed by atoms with Gasteiger partial charge in [0.2, 0.25) is 0 Å². The van der Waals surface area contributed by atoms with Gasteiger partial charge in [-0.25, -0.2) is 0 Å². The summed E-state index contributed by atoms with van der Waals surface area (Å²) in [6, 6.07) is 3.25. The minimum absolute atomic E-state index is 0.0200. The second-order valence-corrected chi connectivity index (χ2v) is 5.83. The molecule has 1 aromatic carbocycles. The van der Waals surface area contributed by atoms with E-state index in [0.29, 0.717) is 10.0 Å². The molecule has 1 N–H and O–H groups in total. The maximum atomic E-state index is 10.9. The minimum atomic E-state index is -0.387. The number of hydrogen-bond acceptors (Lipinski definition) is 5. The van der Waals surface area contributed by atoms with Crippen LogP contribution in [0.4, 0.5) is 11.4 Å². The zero-order chi connectivity index (χ0) is 15.7. The molecule has 0 bridgehead atoms. The molecule has 0 amide bonds. The molecule has 0 aliphatic carbocycles. The molecule has 0 spiro atoms. The zero-order valence-electron chi connectivity index (χ0n) is 12.2. The Kier molecular flexibility index (Phi) is 4.32. The first kappa shape index (κ1) is 15.5. The van der Waals surface area contributed by atoms with Crippen LogP contribution in [-0.4, -0.2) is 10.1 Å². The monoisotopic (exact) mass is 353 g/mol. The maximum Gasteiger partial charge on any atom is 0.273 e. The fraction of sp³-hybridized carbons (Fsp3) is 0.357. The Hall–Kier alpha value is -1.89. The Balaban J connectivity index is 2.32. The van der Waals surface area contributed by atoms with Crippen LogP contribution in [0.15, 0.2) is 21.1 Å². The summed E-state index contributed by atoms with van der Waals surface area (Å²) in [7, 11) is 0. The Morgan fingerprint density at radius 3 is 2.57 bits per heavy atom. The van der Waals surface area contributed by atoms with Gasteiger partial charge in [-0.15, -0.1) is 0 Å². The highest BCUT2D eigenvalue weighted by Crippen LogP contribution is 2.33. The van der Waals surface area contributed by atoms with Crippen LogP contribution in [0, 0.1) is 30.9 Å². The van der Waals surface area contributed by atoms with Crippen molar-refractivity contribution in [1.82, 2.24) is 5.16 Å². The normalized spacial score (nSPS) is 12.2. The fourth-order valence-corrected chi connectivity index (χ4v) is 2.84. The van der Waals surface area contributed by atoms with Gasteiger partial charge >= 0.3 is 0 Å². The number of nitro benzene ring substituents is 1. The first-order valence-electron chi connectivity index (χ1n) is 6.45. The first-order chi connectivity index (χ1) is 9.81. The highest BCUT2D eigenvalue weighted by atomic mass is 79.9. The molecule has 0 saturated heterocycles. The number of nitrogens with zero attached hydrogens (tertiary/aromatic N) is 2. The van der Waals surface area contributed by atoms with Crippen LogP contribution in [0.2, 0.25) is 0 Å². The Labute approximate surface area is 130 Å². The first-order valence-corrected chi connectivity index (χ1v) is 7.24. The van der Waals surface area contributed by atoms with E-state index >= 15 is 0 Å². The molecule has 1 unspecified atom stereocenters. The molecule has 0 aliphatic rings. The van der Waals surface area contributed by atoms with Crippen molar-refractivity contribution in [2.24, 2.45) is 0 Å². The molecule has 6 nitrogen and oxygen atoms in total. The summed E-state index contributed by atoms with van der Waals surface area (Å²) in [6.07, 6.45) is 0. The largest absolute Gasteiger partial charge is 0.377 e. The van der Waals surface area contributed by atoms with Gasteiger partial charge in [-0.1, -0.05) is 5.16 Å².